The van der Waals surface area contributed by atoms with Crippen molar-refractivity contribution in [2.24, 2.45) is 20.0 Å². The van der Waals surface area contributed by atoms with Crippen molar-refractivity contribution in [3.05, 3.63) is 59.7 Å². The molecular formula is C19H18N4. The van der Waals surface area contributed by atoms with E-state index in [0.29, 0.717) is 12.4 Å². The van der Waals surface area contributed by atoms with Crippen LogP contribution in [0.3, 0.4) is 0 Å². The lowest BCUT2D eigenvalue weighted by molar-refractivity contribution is 1.36. The molecule has 4 nitrogen and oxygen atoms in total. The molecule has 2 aromatic carbocycles. The standard InChI is InChI=1S/C19H18N4/c1-14-3-7-16(8-4-14)20-11-18-12-22-19(23-18)13-21-17-9-5-15(2)6-10-17/h3-11,13H,12H2,1-2H3. The average Bonchev–Trinajstić information content (AvgIpc) is 3.02. The van der Waals surface area contributed by atoms with E-state index in [1.807, 2.05) is 48.5 Å². The lowest BCUT2D eigenvalue weighted by Gasteiger charge is -1.94. The van der Waals surface area contributed by atoms with Crippen LogP contribution in [0.1, 0.15) is 11.1 Å². The van der Waals surface area contributed by atoms with Crippen molar-refractivity contribution >= 4 is 35.4 Å². The summed E-state index contributed by atoms with van der Waals surface area (Å²) >= 11 is 0. The Labute approximate surface area is 136 Å². The van der Waals surface area contributed by atoms with E-state index in [1.165, 1.54) is 11.1 Å². The summed E-state index contributed by atoms with van der Waals surface area (Å²) in [5, 5.41) is 0. The monoisotopic (exact) mass is 302 g/mol. The van der Waals surface area contributed by atoms with Crippen LogP contribution in [0.4, 0.5) is 11.4 Å². The average molecular weight is 302 g/mol. The second kappa shape index (κ2) is 6.92. The molecular weight excluding hydrogens is 284 g/mol. The first kappa shape index (κ1) is 15.0. The minimum atomic E-state index is 0.546. The number of benzene rings is 2. The maximum Gasteiger partial charge on any atom is 0.166 e. The molecule has 0 fully saturated rings. The molecule has 0 aromatic heterocycles. The number of amidine groups is 1. The first-order chi connectivity index (χ1) is 11.2. The molecule has 2 aromatic rings. The van der Waals surface area contributed by atoms with Gasteiger partial charge >= 0.3 is 0 Å². The second-order valence-corrected chi connectivity index (χ2v) is 5.47. The maximum absolute atomic E-state index is 4.42. The third-order valence-electron chi connectivity index (χ3n) is 3.42. The highest BCUT2D eigenvalue weighted by molar-refractivity contribution is 6.43. The van der Waals surface area contributed by atoms with E-state index >= 15 is 0 Å². The zero-order chi connectivity index (χ0) is 16.1. The van der Waals surface area contributed by atoms with Gasteiger partial charge in [-0.05, 0) is 38.1 Å². The van der Waals surface area contributed by atoms with Crippen LogP contribution in [0, 0.1) is 13.8 Å². The van der Waals surface area contributed by atoms with Gasteiger partial charge in [0.25, 0.3) is 0 Å². The van der Waals surface area contributed by atoms with Gasteiger partial charge in [0.05, 0.1) is 36.1 Å². The first-order valence-electron chi connectivity index (χ1n) is 7.52. The molecule has 0 amide bonds. The summed E-state index contributed by atoms with van der Waals surface area (Å²) < 4.78 is 0. The number of aliphatic imine (C=N–C) groups is 4. The predicted octanol–water partition coefficient (Wildman–Crippen LogP) is 4.26. The minimum absolute atomic E-state index is 0.546. The van der Waals surface area contributed by atoms with Crippen molar-refractivity contribution in [3.8, 4) is 0 Å². The fraction of sp³-hybridized carbons (Fsp3) is 0.158. The zero-order valence-electron chi connectivity index (χ0n) is 13.3. The van der Waals surface area contributed by atoms with E-state index < -0.39 is 0 Å². The van der Waals surface area contributed by atoms with E-state index in [0.717, 1.165) is 17.1 Å². The molecule has 0 N–H and O–H groups in total. The van der Waals surface area contributed by atoms with E-state index in [9.17, 15) is 0 Å². The molecule has 0 radical (unpaired) electrons. The Morgan fingerprint density at radius 1 is 0.783 bits per heavy atom. The van der Waals surface area contributed by atoms with E-state index in [-0.39, 0.29) is 0 Å². The van der Waals surface area contributed by atoms with E-state index in [1.54, 1.807) is 12.4 Å². The summed E-state index contributed by atoms with van der Waals surface area (Å²) in [6.07, 6.45) is 3.46. The van der Waals surface area contributed by atoms with Gasteiger partial charge in [-0.25, -0.2) is 4.99 Å². The van der Waals surface area contributed by atoms with Crippen molar-refractivity contribution < 1.29 is 0 Å². The normalized spacial score (nSPS) is 14.5. The van der Waals surface area contributed by atoms with Gasteiger partial charge in [0, 0.05) is 0 Å². The molecule has 0 atom stereocenters. The van der Waals surface area contributed by atoms with Crippen LogP contribution in [0.25, 0.3) is 0 Å². The first-order valence-corrected chi connectivity index (χ1v) is 7.52. The van der Waals surface area contributed by atoms with Gasteiger partial charge in [-0.15, -0.1) is 0 Å². The molecule has 0 unspecified atom stereocenters. The second-order valence-electron chi connectivity index (χ2n) is 5.47. The molecule has 1 aliphatic heterocycles. The van der Waals surface area contributed by atoms with E-state index in [2.05, 4.69) is 33.8 Å². The number of hydrogen-bond acceptors (Lipinski definition) is 4. The molecule has 3 rings (SSSR count). The SMILES string of the molecule is Cc1ccc(N=CC2=NC(C=Nc3ccc(C)cc3)=NC2)cc1. The third-order valence-corrected chi connectivity index (χ3v) is 3.42. The molecule has 0 saturated heterocycles. The Balaban J connectivity index is 1.63. The molecule has 0 saturated carbocycles. The lowest BCUT2D eigenvalue weighted by Crippen LogP contribution is -2.00. The summed E-state index contributed by atoms with van der Waals surface area (Å²) in [5.74, 6) is 0.635. The highest BCUT2D eigenvalue weighted by Gasteiger charge is 2.06. The molecule has 1 aliphatic rings. The maximum atomic E-state index is 4.42. The quantitative estimate of drug-likeness (QED) is 0.758. The van der Waals surface area contributed by atoms with Crippen molar-refractivity contribution in [1.82, 2.24) is 0 Å². The Bertz CT molecular complexity index is 794. The largest absolute Gasteiger partial charge is 0.259 e. The van der Waals surface area contributed by atoms with Gasteiger partial charge in [-0.2, -0.15) is 0 Å². The fourth-order valence-corrected chi connectivity index (χ4v) is 2.06. The van der Waals surface area contributed by atoms with Crippen molar-refractivity contribution in [1.29, 1.82) is 0 Å². The Morgan fingerprint density at radius 2 is 1.30 bits per heavy atom. The predicted molar refractivity (Wildman–Crippen MR) is 98.4 cm³/mol. The Kier molecular flexibility index (Phi) is 4.52. The fourth-order valence-electron chi connectivity index (χ4n) is 2.06. The van der Waals surface area contributed by atoms with Crippen LogP contribution in [-0.2, 0) is 0 Å². The van der Waals surface area contributed by atoms with Gasteiger partial charge in [0.15, 0.2) is 5.84 Å². The summed E-state index contributed by atoms with van der Waals surface area (Å²) in [4.78, 5) is 17.6. The summed E-state index contributed by atoms with van der Waals surface area (Å²) in [6, 6.07) is 16.1. The molecule has 4 heteroatoms. The van der Waals surface area contributed by atoms with Gasteiger partial charge in [-0.1, -0.05) is 35.4 Å². The smallest absolute Gasteiger partial charge is 0.166 e. The highest BCUT2D eigenvalue weighted by Crippen LogP contribution is 2.13. The minimum Gasteiger partial charge on any atom is -0.259 e. The van der Waals surface area contributed by atoms with Crippen molar-refractivity contribution in [2.75, 3.05) is 6.54 Å². The molecule has 23 heavy (non-hydrogen) atoms. The van der Waals surface area contributed by atoms with Crippen LogP contribution in [0.2, 0.25) is 0 Å². The molecule has 0 spiro atoms. The number of nitrogens with zero attached hydrogens (tertiary/aromatic N) is 4. The summed E-state index contributed by atoms with van der Waals surface area (Å²) in [7, 11) is 0. The molecule has 0 bridgehead atoms. The van der Waals surface area contributed by atoms with Gasteiger partial charge in [0.2, 0.25) is 0 Å². The van der Waals surface area contributed by atoms with E-state index in [4.69, 9.17) is 0 Å². The van der Waals surface area contributed by atoms with Crippen LogP contribution >= 0.6 is 0 Å². The Hall–Kier alpha value is -2.88. The molecule has 1 heterocycles. The van der Waals surface area contributed by atoms with Gasteiger partial charge < -0.3 is 0 Å². The lowest BCUT2D eigenvalue weighted by atomic mass is 10.2. The summed E-state index contributed by atoms with van der Waals surface area (Å²) in [6.45, 7) is 4.66. The number of rotatable bonds is 4. The van der Waals surface area contributed by atoms with Crippen molar-refractivity contribution in [3.63, 3.8) is 0 Å². The topological polar surface area (TPSA) is 49.4 Å². The van der Waals surface area contributed by atoms with Crippen LogP contribution in [0.5, 0.6) is 0 Å². The Morgan fingerprint density at radius 3 is 1.87 bits per heavy atom. The molecule has 114 valence electrons. The number of hydrogen-bond donors (Lipinski definition) is 0. The number of aryl methyl sites for hydroxylation is 2. The van der Waals surface area contributed by atoms with Gasteiger partial charge in [-0.3, -0.25) is 15.0 Å². The summed E-state index contributed by atoms with van der Waals surface area (Å²) in [5.41, 5.74) is 5.10. The van der Waals surface area contributed by atoms with Crippen LogP contribution in [0.15, 0.2) is 68.5 Å². The highest BCUT2D eigenvalue weighted by atomic mass is 15.0. The van der Waals surface area contributed by atoms with Gasteiger partial charge in [0.1, 0.15) is 0 Å². The van der Waals surface area contributed by atoms with Crippen molar-refractivity contribution in [2.45, 2.75) is 13.8 Å². The van der Waals surface area contributed by atoms with Crippen LogP contribution < -0.4 is 0 Å². The zero-order valence-corrected chi connectivity index (χ0v) is 13.3. The molecule has 0 aliphatic carbocycles. The third kappa shape index (κ3) is 4.30. The van der Waals surface area contributed by atoms with Crippen LogP contribution in [-0.4, -0.2) is 30.5 Å².